The van der Waals surface area contributed by atoms with Gasteiger partial charge < -0.3 is 15.1 Å². The number of amides is 1. The average molecular weight is 286 g/mol. The normalized spacial score (nSPS) is 21.9. The first-order chi connectivity index (χ1) is 10.1. The van der Waals surface area contributed by atoms with Gasteiger partial charge in [0.1, 0.15) is 5.58 Å². The van der Waals surface area contributed by atoms with Gasteiger partial charge in [0, 0.05) is 18.7 Å². The zero-order chi connectivity index (χ0) is 15.0. The standard InChI is InChI=1S/C16H18N2O3/c1-10-6-11(8-17)9-18(10)16(20)15-7-13(19)12-4-2-3-5-14(12)21-15/h2-5,7,10-11H,6,8-9,17H2,1H3. The number of hydrogen-bond donors (Lipinski definition) is 1. The number of hydrogen-bond acceptors (Lipinski definition) is 4. The van der Waals surface area contributed by atoms with Gasteiger partial charge in [0.2, 0.25) is 0 Å². The van der Waals surface area contributed by atoms with Crippen LogP contribution in [0.5, 0.6) is 0 Å². The topological polar surface area (TPSA) is 76.5 Å². The van der Waals surface area contributed by atoms with Crippen molar-refractivity contribution < 1.29 is 9.21 Å². The first-order valence-electron chi connectivity index (χ1n) is 7.14. The van der Waals surface area contributed by atoms with Crippen LogP contribution in [0.4, 0.5) is 0 Å². The second-order valence-electron chi connectivity index (χ2n) is 5.62. The zero-order valence-electron chi connectivity index (χ0n) is 11.9. The van der Waals surface area contributed by atoms with Crippen molar-refractivity contribution in [1.29, 1.82) is 0 Å². The predicted octanol–water partition coefficient (Wildman–Crippen LogP) is 1.60. The van der Waals surface area contributed by atoms with Crippen molar-refractivity contribution in [3.8, 4) is 0 Å². The van der Waals surface area contributed by atoms with Crippen molar-refractivity contribution in [1.82, 2.24) is 4.90 Å². The largest absolute Gasteiger partial charge is 0.451 e. The van der Waals surface area contributed by atoms with Crippen LogP contribution < -0.4 is 11.2 Å². The van der Waals surface area contributed by atoms with E-state index in [-0.39, 0.29) is 23.1 Å². The van der Waals surface area contributed by atoms with Crippen LogP contribution in [0.2, 0.25) is 0 Å². The SMILES string of the molecule is CC1CC(CN)CN1C(=O)c1cc(=O)c2ccccc2o1. The van der Waals surface area contributed by atoms with Crippen molar-refractivity contribution in [2.24, 2.45) is 11.7 Å². The fraction of sp³-hybridized carbons (Fsp3) is 0.375. The van der Waals surface area contributed by atoms with Gasteiger partial charge >= 0.3 is 0 Å². The van der Waals surface area contributed by atoms with Crippen LogP contribution in [-0.4, -0.2) is 29.9 Å². The molecule has 110 valence electrons. The molecular weight excluding hydrogens is 268 g/mol. The molecule has 0 aliphatic carbocycles. The number of carbonyl (C=O) groups excluding carboxylic acids is 1. The summed E-state index contributed by atoms with van der Waals surface area (Å²) in [5.41, 5.74) is 5.93. The van der Waals surface area contributed by atoms with E-state index < -0.39 is 0 Å². The van der Waals surface area contributed by atoms with Crippen molar-refractivity contribution >= 4 is 16.9 Å². The third kappa shape index (κ3) is 2.45. The summed E-state index contributed by atoms with van der Waals surface area (Å²) in [5, 5.41) is 0.489. The average Bonchev–Trinajstić information content (AvgIpc) is 2.87. The summed E-state index contributed by atoms with van der Waals surface area (Å²) in [6.45, 7) is 3.18. The van der Waals surface area contributed by atoms with E-state index in [1.54, 1.807) is 29.2 Å². The van der Waals surface area contributed by atoms with Gasteiger partial charge in [-0.1, -0.05) is 12.1 Å². The molecule has 5 heteroatoms. The molecule has 1 aromatic heterocycles. The Kier molecular flexibility index (Phi) is 3.51. The van der Waals surface area contributed by atoms with Crippen LogP contribution in [0.1, 0.15) is 23.9 Å². The Balaban J connectivity index is 1.97. The molecule has 1 saturated heterocycles. The van der Waals surface area contributed by atoms with E-state index in [2.05, 4.69) is 0 Å². The first-order valence-corrected chi connectivity index (χ1v) is 7.14. The maximum atomic E-state index is 12.6. The van der Waals surface area contributed by atoms with Gasteiger partial charge in [-0.3, -0.25) is 9.59 Å². The summed E-state index contributed by atoms with van der Waals surface area (Å²) < 4.78 is 5.61. The summed E-state index contributed by atoms with van der Waals surface area (Å²) in [4.78, 5) is 26.4. The molecule has 1 aromatic carbocycles. The molecule has 2 N–H and O–H groups in total. The molecule has 2 atom stereocenters. The fourth-order valence-corrected chi connectivity index (χ4v) is 2.95. The van der Waals surface area contributed by atoms with E-state index in [1.807, 2.05) is 6.92 Å². The van der Waals surface area contributed by atoms with Crippen molar-refractivity contribution in [3.63, 3.8) is 0 Å². The molecule has 0 saturated carbocycles. The van der Waals surface area contributed by atoms with Gasteiger partial charge in [-0.15, -0.1) is 0 Å². The highest BCUT2D eigenvalue weighted by Gasteiger charge is 2.33. The van der Waals surface area contributed by atoms with Crippen LogP contribution in [0.3, 0.4) is 0 Å². The predicted molar refractivity (Wildman–Crippen MR) is 80.1 cm³/mol. The number of nitrogens with two attached hydrogens (primary N) is 1. The highest BCUT2D eigenvalue weighted by molar-refractivity contribution is 5.93. The fourth-order valence-electron chi connectivity index (χ4n) is 2.95. The maximum Gasteiger partial charge on any atom is 0.289 e. The Labute approximate surface area is 122 Å². The van der Waals surface area contributed by atoms with Crippen molar-refractivity contribution in [2.75, 3.05) is 13.1 Å². The van der Waals surface area contributed by atoms with E-state index in [4.69, 9.17) is 10.2 Å². The van der Waals surface area contributed by atoms with Crippen molar-refractivity contribution in [3.05, 3.63) is 46.3 Å². The van der Waals surface area contributed by atoms with Gasteiger partial charge in [0.15, 0.2) is 11.2 Å². The molecule has 1 aliphatic rings. The molecule has 21 heavy (non-hydrogen) atoms. The van der Waals surface area contributed by atoms with E-state index in [0.717, 1.165) is 6.42 Å². The number of likely N-dealkylation sites (tertiary alicyclic amines) is 1. The summed E-state index contributed by atoms with van der Waals surface area (Å²) in [5.74, 6) is 0.181. The minimum atomic E-state index is -0.235. The molecule has 1 amide bonds. The number of para-hydroxylation sites is 1. The van der Waals surface area contributed by atoms with Crippen LogP contribution >= 0.6 is 0 Å². The Bertz CT molecular complexity index is 738. The summed E-state index contributed by atoms with van der Waals surface area (Å²) >= 11 is 0. The number of fused-ring (bicyclic) bond motifs is 1. The number of carbonyl (C=O) groups is 1. The third-order valence-electron chi connectivity index (χ3n) is 4.10. The lowest BCUT2D eigenvalue weighted by Crippen LogP contribution is -2.34. The molecule has 1 fully saturated rings. The maximum absolute atomic E-state index is 12.6. The second kappa shape index (κ2) is 5.33. The first kappa shape index (κ1) is 13.8. The Morgan fingerprint density at radius 1 is 1.43 bits per heavy atom. The van der Waals surface area contributed by atoms with Crippen LogP contribution in [-0.2, 0) is 0 Å². The van der Waals surface area contributed by atoms with Gasteiger partial charge in [-0.05, 0) is 37.9 Å². The van der Waals surface area contributed by atoms with Gasteiger partial charge in [0.05, 0.1) is 5.39 Å². The number of nitrogens with zero attached hydrogens (tertiary/aromatic N) is 1. The van der Waals surface area contributed by atoms with Gasteiger partial charge in [-0.25, -0.2) is 0 Å². The lowest BCUT2D eigenvalue weighted by molar-refractivity contribution is 0.0711. The zero-order valence-corrected chi connectivity index (χ0v) is 11.9. The molecule has 2 heterocycles. The van der Waals surface area contributed by atoms with Crippen LogP contribution in [0, 0.1) is 5.92 Å². The molecule has 2 unspecified atom stereocenters. The molecule has 0 spiro atoms. The Hall–Kier alpha value is -2.14. The van der Waals surface area contributed by atoms with E-state index in [9.17, 15) is 9.59 Å². The highest BCUT2D eigenvalue weighted by atomic mass is 16.3. The molecule has 0 bridgehead atoms. The van der Waals surface area contributed by atoms with Gasteiger partial charge in [-0.2, -0.15) is 0 Å². The minimum absolute atomic E-state index is 0.100. The van der Waals surface area contributed by atoms with Gasteiger partial charge in [0.25, 0.3) is 5.91 Å². The highest BCUT2D eigenvalue weighted by Crippen LogP contribution is 2.24. The van der Waals surface area contributed by atoms with Crippen LogP contribution in [0.15, 0.2) is 39.5 Å². The smallest absolute Gasteiger partial charge is 0.289 e. The molecule has 1 aliphatic heterocycles. The minimum Gasteiger partial charge on any atom is -0.451 e. The molecule has 5 nitrogen and oxygen atoms in total. The Morgan fingerprint density at radius 3 is 2.90 bits per heavy atom. The number of benzene rings is 1. The molecule has 2 aromatic rings. The third-order valence-corrected chi connectivity index (χ3v) is 4.10. The lowest BCUT2D eigenvalue weighted by Gasteiger charge is -2.20. The summed E-state index contributed by atoms with van der Waals surface area (Å²) in [6.07, 6.45) is 0.889. The summed E-state index contributed by atoms with van der Waals surface area (Å²) in [7, 11) is 0. The number of rotatable bonds is 2. The second-order valence-corrected chi connectivity index (χ2v) is 5.62. The van der Waals surface area contributed by atoms with E-state index in [1.165, 1.54) is 6.07 Å². The summed E-state index contributed by atoms with van der Waals surface area (Å²) in [6, 6.07) is 8.34. The van der Waals surface area contributed by atoms with Crippen LogP contribution in [0.25, 0.3) is 11.0 Å². The van der Waals surface area contributed by atoms with E-state index >= 15 is 0 Å². The van der Waals surface area contributed by atoms with E-state index in [0.29, 0.717) is 30.0 Å². The molecule has 3 rings (SSSR count). The van der Waals surface area contributed by atoms with Crippen molar-refractivity contribution in [2.45, 2.75) is 19.4 Å². The Morgan fingerprint density at radius 2 is 2.19 bits per heavy atom. The quantitative estimate of drug-likeness (QED) is 0.909. The lowest BCUT2D eigenvalue weighted by atomic mass is 10.1. The molecule has 0 radical (unpaired) electrons. The monoisotopic (exact) mass is 286 g/mol. The molecular formula is C16H18N2O3.